The number of imidazole rings is 1. The first-order valence-corrected chi connectivity index (χ1v) is 5.90. The molecular formula is C11H18N4O4. The second-order valence-electron chi connectivity index (χ2n) is 4.74. The fourth-order valence-electron chi connectivity index (χ4n) is 1.70. The highest BCUT2D eigenvalue weighted by Gasteiger charge is 2.27. The molecule has 0 fully saturated rings. The van der Waals surface area contributed by atoms with Crippen LogP contribution in [0.25, 0.3) is 0 Å². The predicted molar refractivity (Wildman–Crippen MR) is 69.1 cm³/mol. The van der Waals surface area contributed by atoms with Gasteiger partial charge in [-0.25, -0.2) is 0 Å². The number of rotatable bonds is 6. The number of hydrogen-bond acceptors (Lipinski definition) is 5. The third kappa shape index (κ3) is 3.43. The Morgan fingerprint density at radius 3 is 2.58 bits per heavy atom. The normalized spacial score (nSPS) is 12.5. The summed E-state index contributed by atoms with van der Waals surface area (Å²) in [6, 6.07) is -0.397. The van der Waals surface area contributed by atoms with Gasteiger partial charge in [0.05, 0.1) is 6.42 Å². The molecule has 0 radical (unpaired) electrons. The summed E-state index contributed by atoms with van der Waals surface area (Å²) in [7, 11) is 1.65. The van der Waals surface area contributed by atoms with Crippen molar-refractivity contribution in [3.8, 4) is 0 Å². The van der Waals surface area contributed by atoms with E-state index in [-0.39, 0.29) is 24.0 Å². The summed E-state index contributed by atoms with van der Waals surface area (Å²) in [5.41, 5.74) is 0. The van der Waals surface area contributed by atoms with Crippen molar-refractivity contribution in [1.29, 1.82) is 0 Å². The number of anilines is 1. The molecule has 106 valence electrons. The Bertz CT molecular complexity index is 495. The minimum absolute atomic E-state index is 0.0194. The molecule has 0 aliphatic heterocycles. The number of aryl methyl sites for hydroxylation is 1. The van der Waals surface area contributed by atoms with Crippen LogP contribution in [-0.2, 0) is 11.8 Å². The second-order valence-corrected chi connectivity index (χ2v) is 4.74. The Balaban J connectivity index is 3.08. The van der Waals surface area contributed by atoms with Crippen molar-refractivity contribution in [3.05, 3.63) is 15.9 Å². The molecule has 1 unspecified atom stereocenters. The van der Waals surface area contributed by atoms with Gasteiger partial charge in [0, 0.05) is 20.0 Å². The van der Waals surface area contributed by atoms with Crippen LogP contribution in [0.3, 0.4) is 0 Å². The molecule has 0 saturated carbocycles. The van der Waals surface area contributed by atoms with Crippen molar-refractivity contribution < 1.29 is 14.8 Å². The van der Waals surface area contributed by atoms with Crippen LogP contribution in [0.5, 0.6) is 0 Å². The van der Waals surface area contributed by atoms with Crippen LogP contribution in [0.4, 0.5) is 11.6 Å². The molecule has 2 N–H and O–H groups in total. The van der Waals surface area contributed by atoms with Crippen molar-refractivity contribution in [1.82, 2.24) is 9.55 Å². The van der Waals surface area contributed by atoms with Crippen LogP contribution in [0.1, 0.15) is 26.1 Å². The van der Waals surface area contributed by atoms with E-state index in [1.807, 2.05) is 13.8 Å². The number of hydrogen-bond donors (Lipinski definition) is 2. The molecule has 19 heavy (non-hydrogen) atoms. The second kappa shape index (κ2) is 5.68. The van der Waals surface area contributed by atoms with E-state index >= 15 is 0 Å². The average Bonchev–Trinajstić information content (AvgIpc) is 2.55. The van der Waals surface area contributed by atoms with Crippen LogP contribution in [0.2, 0.25) is 0 Å². The summed E-state index contributed by atoms with van der Waals surface area (Å²) in [5, 5.41) is 22.7. The first-order chi connectivity index (χ1) is 8.73. The molecular weight excluding hydrogens is 252 g/mol. The minimum Gasteiger partial charge on any atom is -0.481 e. The van der Waals surface area contributed by atoms with Gasteiger partial charge in [0.2, 0.25) is 11.6 Å². The molecule has 1 heterocycles. The van der Waals surface area contributed by atoms with Crippen LogP contribution in [0, 0.1) is 23.0 Å². The summed E-state index contributed by atoms with van der Waals surface area (Å²) in [4.78, 5) is 25.0. The highest BCUT2D eigenvalue weighted by Crippen LogP contribution is 2.26. The third-order valence-corrected chi connectivity index (χ3v) is 2.99. The van der Waals surface area contributed by atoms with Gasteiger partial charge in [-0.3, -0.25) is 9.36 Å². The largest absolute Gasteiger partial charge is 0.481 e. The Morgan fingerprint density at radius 1 is 1.58 bits per heavy atom. The van der Waals surface area contributed by atoms with E-state index in [0.717, 1.165) is 0 Å². The Labute approximate surface area is 110 Å². The van der Waals surface area contributed by atoms with Gasteiger partial charge in [-0.1, -0.05) is 13.8 Å². The molecule has 1 atom stereocenters. The first kappa shape index (κ1) is 14.9. The zero-order valence-electron chi connectivity index (χ0n) is 11.4. The van der Waals surface area contributed by atoms with Gasteiger partial charge in [-0.15, -0.1) is 0 Å². The lowest BCUT2D eigenvalue weighted by atomic mass is 10.0. The quantitative estimate of drug-likeness (QED) is 0.599. The minimum atomic E-state index is -0.951. The fraction of sp³-hybridized carbons (Fsp3) is 0.636. The fourth-order valence-corrected chi connectivity index (χ4v) is 1.70. The summed E-state index contributed by atoms with van der Waals surface area (Å²) in [6.07, 6.45) is -0.112. The van der Waals surface area contributed by atoms with E-state index in [4.69, 9.17) is 5.11 Å². The lowest BCUT2D eigenvalue weighted by Crippen LogP contribution is -2.29. The Hall–Kier alpha value is -2.12. The van der Waals surface area contributed by atoms with Crippen molar-refractivity contribution >= 4 is 17.6 Å². The van der Waals surface area contributed by atoms with E-state index in [2.05, 4.69) is 10.3 Å². The maximum absolute atomic E-state index is 10.9. The summed E-state index contributed by atoms with van der Waals surface area (Å²) in [5.74, 6) is -0.482. The predicted octanol–water partition coefficient (Wildman–Crippen LogP) is 1.55. The summed E-state index contributed by atoms with van der Waals surface area (Å²) in [6.45, 7) is 5.37. The molecule has 0 aliphatic carbocycles. The Kier molecular flexibility index (Phi) is 4.47. The average molecular weight is 270 g/mol. The Morgan fingerprint density at radius 2 is 2.16 bits per heavy atom. The van der Waals surface area contributed by atoms with Gasteiger partial charge in [0.1, 0.15) is 0 Å². The van der Waals surface area contributed by atoms with Gasteiger partial charge >= 0.3 is 11.8 Å². The van der Waals surface area contributed by atoms with Crippen molar-refractivity contribution in [2.75, 3.05) is 5.32 Å². The monoisotopic (exact) mass is 270 g/mol. The molecule has 0 bridgehead atoms. The number of aromatic nitrogens is 2. The zero-order chi connectivity index (χ0) is 14.7. The summed E-state index contributed by atoms with van der Waals surface area (Å²) >= 11 is 0. The molecule has 8 nitrogen and oxygen atoms in total. The van der Waals surface area contributed by atoms with E-state index in [1.165, 1.54) is 0 Å². The smallest absolute Gasteiger partial charge is 0.406 e. The molecule has 0 amide bonds. The van der Waals surface area contributed by atoms with E-state index in [9.17, 15) is 14.9 Å². The standard InChI is InChI=1S/C11H18N4O4/c1-6(2)8(5-9(16)17)13-10-11(15(18)19)12-7(3)14(10)4/h6,8,13H,5H2,1-4H3,(H,16,17). The van der Waals surface area contributed by atoms with Gasteiger partial charge in [-0.2, -0.15) is 0 Å². The van der Waals surface area contributed by atoms with E-state index < -0.39 is 16.9 Å². The zero-order valence-corrected chi connectivity index (χ0v) is 11.4. The highest BCUT2D eigenvalue weighted by atomic mass is 16.6. The molecule has 1 rings (SSSR count). The highest BCUT2D eigenvalue weighted by molar-refractivity contribution is 5.68. The van der Waals surface area contributed by atoms with Gasteiger partial charge in [0.15, 0.2) is 0 Å². The number of carboxylic acid groups (broad SMARTS) is 1. The molecule has 0 saturated heterocycles. The lowest BCUT2D eigenvalue weighted by Gasteiger charge is -2.21. The molecule has 8 heteroatoms. The lowest BCUT2D eigenvalue weighted by molar-refractivity contribution is -0.388. The van der Waals surface area contributed by atoms with Gasteiger partial charge in [0.25, 0.3) is 0 Å². The van der Waals surface area contributed by atoms with Crippen LogP contribution in [0.15, 0.2) is 0 Å². The number of aliphatic carboxylic acids is 1. The maximum atomic E-state index is 10.9. The summed E-state index contributed by atoms with van der Waals surface area (Å²) < 4.78 is 1.55. The first-order valence-electron chi connectivity index (χ1n) is 5.90. The SMILES string of the molecule is Cc1nc([N+](=O)[O-])c(NC(CC(=O)O)C(C)C)n1C. The van der Waals surface area contributed by atoms with Gasteiger partial charge < -0.3 is 20.5 Å². The number of nitro groups is 1. The van der Waals surface area contributed by atoms with Crippen LogP contribution in [-0.4, -0.2) is 31.6 Å². The van der Waals surface area contributed by atoms with E-state index in [0.29, 0.717) is 5.82 Å². The number of carbonyl (C=O) groups is 1. The molecule has 0 spiro atoms. The van der Waals surface area contributed by atoms with Crippen LogP contribution < -0.4 is 5.32 Å². The topological polar surface area (TPSA) is 110 Å². The molecule has 0 aliphatic rings. The van der Waals surface area contributed by atoms with Crippen molar-refractivity contribution in [2.24, 2.45) is 13.0 Å². The molecule has 1 aromatic heterocycles. The number of nitrogens with zero attached hydrogens (tertiary/aromatic N) is 3. The van der Waals surface area contributed by atoms with Crippen molar-refractivity contribution in [3.63, 3.8) is 0 Å². The number of nitrogens with one attached hydrogen (secondary N) is 1. The third-order valence-electron chi connectivity index (χ3n) is 2.99. The van der Waals surface area contributed by atoms with Gasteiger partial charge in [-0.05, 0) is 15.8 Å². The number of carboxylic acids is 1. The molecule has 1 aromatic rings. The van der Waals surface area contributed by atoms with Crippen LogP contribution >= 0.6 is 0 Å². The van der Waals surface area contributed by atoms with E-state index in [1.54, 1.807) is 18.5 Å². The van der Waals surface area contributed by atoms with Crippen molar-refractivity contribution in [2.45, 2.75) is 33.2 Å². The molecule has 0 aromatic carbocycles. The maximum Gasteiger partial charge on any atom is 0.406 e.